The van der Waals surface area contributed by atoms with Gasteiger partial charge in [-0.05, 0) is 69.5 Å². The van der Waals surface area contributed by atoms with Crippen molar-refractivity contribution in [1.82, 2.24) is 15.2 Å². The Kier molecular flexibility index (Phi) is 8.10. The first-order chi connectivity index (χ1) is 16.1. The molecule has 0 bridgehead atoms. The minimum atomic E-state index is 0.394. The predicted molar refractivity (Wildman–Crippen MR) is 141 cm³/mol. The quantitative estimate of drug-likeness (QED) is 0.702. The Labute approximate surface area is 200 Å². The molecule has 1 aliphatic carbocycles. The van der Waals surface area contributed by atoms with E-state index in [1.807, 2.05) is 12.3 Å². The van der Waals surface area contributed by atoms with Gasteiger partial charge in [0.15, 0.2) is 0 Å². The average Bonchev–Trinajstić information content (AvgIpc) is 3.10. The zero-order valence-corrected chi connectivity index (χ0v) is 21.1. The second-order valence-electron chi connectivity index (χ2n) is 9.66. The molecule has 0 radical (unpaired) electrons. The van der Waals surface area contributed by atoms with Gasteiger partial charge in [-0.25, -0.2) is 0 Å². The van der Waals surface area contributed by atoms with E-state index in [0.717, 1.165) is 39.3 Å². The normalized spacial score (nSPS) is 20.2. The van der Waals surface area contributed by atoms with Crippen molar-refractivity contribution in [3.63, 3.8) is 0 Å². The van der Waals surface area contributed by atoms with Gasteiger partial charge < -0.3 is 24.9 Å². The highest BCUT2D eigenvalue weighted by molar-refractivity contribution is 5.88. The Bertz CT molecular complexity index is 867. The summed E-state index contributed by atoms with van der Waals surface area (Å²) in [6.07, 6.45) is 8.57. The first-order valence-electron chi connectivity index (χ1n) is 12.8. The highest BCUT2D eigenvalue weighted by Gasteiger charge is 2.34. The number of piperazine rings is 1. The molecule has 0 saturated carbocycles. The van der Waals surface area contributed by atoms with Crippen molar-refractivity contribution in [1.29, 1.82) is 0 Å². The van der Waals surface area contributed by atoms with Crippen LogP contribution in [0.15, 0.2) is 36.5 Å². The number of benzene rings is 1. The molecule has 1 aromatic carbocycles. The number of para-hydroxylation sites is 1. The van der Waals surface area contributed by atoms with E-state index >= 15 is 0 Å². The minimum absolute atomic E-state index is 0.394. The number of hydrogen-bond donors (Lipinski definition) is 1. The minimum Gasteiger partial charge on any atom is -0.367 e. The lowest BCUT2D eigenvalue weighted by atomic mass is 9.96. The molecule has 1 saturated heterocycles. The van der Waals surface area contributed by atoms with Crippen LogP contribution in [-0.4, -0.2) is 76.5 Å². The van der Waals surface area contributed by atoms with Gasteiger partial charge >= 0.3 is 0 Å². The van der Waals surface area contributed by atoms with Gasteiger partial charge in [0.25, 0.3) is 0 Å². The molecule has 0 amide bonds. The van der Waals surface area contributed by atoms with Crippen molar-refractivity contribution in [2.75, 3.05) is 75.1 Å². The molecule has 2 aliphatic heterocycles. The summed E-state index contributed by atoms with van der Waals surface area (Å²) in [5, 5.41) is 3.57. The molecule has 2 aromatic rings. The molecular weight excluding hydrogens is 408 g/mol. The molecule has 6 heteroatoms. The molecule has 3 aliphatic rings. The lowest BCUT2D eigenvalue weighted by Gasteiger charge is -2.36. The number of fused-ring (bicyclic) bond motifs is 2. The van der Waals surface area contributed by atoms with Gasteiger partial charge in [0.2, 0.25) is 0 Å². The summed E-state index contributed by atoms with van der Waals surface area (Å²) in [5.41, 5.74) is 6.93. The number of hydrogen-bond acceptors (Lipinski definition) is 6. The number of pyridine rings is 1. The van der Waals surface area contributed by atoms with E-state index in [0.29, 0.717) is 6.17 Å². The second-order valence-corrected chi connectivity index (χ2v) is 9.66. The Morgan fingerprint density at radius 1 is 0.909 bits per heavy atom. The van der Waals surface area contributed by atoms with Crippen LogP contribution in [0.4, 0.5) is 17.1 Å². The smallest absolute Gasteiger partial charge is 0.114 e. The average molecular weight is 451 g/mol. The molecule has 3 heterocycles. The van der Waals surface area contributed by atoms with Gasteiger partial charge in [-0.1, -0.05) is 19.1 Å². The third-order valence-electron chi connectivity index (χ3n) is 7.31. The van der Waals surface area contributed by atoms with E-state index < -0.39 is 0 Å². The van der Waals surface area contributed by atoms with Crippen molar-refractivity contribution in [3.05, 3.63) is 47.8 Å². The van der Waals surface area contributed by atoms with Gasteiger partial charge in [0.1, 0.15) is 6.17 Å². The zero-order valence-electron chi connectivity index (χ0n) is 21.1. The number of anilines is 3. The highest BCUT2D eigenvalue weighted by atomic mass is 15.4. The topological polar surface area (TPSA) is 37.9 Å². The van der Waals surface area contributed by atoms with Crippen LogP contribution in [0.5, 0.6) is 0 Å². The Morgan fingerprint density at radius 2 is 1.67 bits per heavy atom. The maximum absolute atomic E-state index is 4.32. The predicted octanol–water partition coefficient (Wildman–Crippen LogP) is 3.61. The van der Waals surface area contributed by atoms with Crippen LogP contribution < -0.4 is 20.0 Å². The van der Waals surface area contributed by atoms with Crippen LogP contribution in [0.3, 0.4) is 0 Å². The maximum Gasteiger partial charge on any atom is 0.114 e. The SMILES string of the molecule is CCCNCC1N(C)c2cccc(N3CCN(C)CC3)c2N1C.c1cnc2c(c1)CCCC2. The lowest BCUT2D eigenvalue weighted by molar-refractivity contribution is 0.313. The summed E-state index contributed by atoms with van der Waals surface area (Å²) in [4.78, 5) is 14.1. The number of aryl methyl sites for hydroxylation is 2. The summed E-state index contributed by atoms with van der Waals surface area (Å²) in [5.74, 6) is 0. The van der Waals surface area contributed by atoms with Gasteiger partial charge in [0, 0.05) is 58.7 Å². The van der Waals surface area contributed by atoms with Crippen LogP contribution in [0.1, 0.15) is 37.4 Å². The van der Waals surface area contributed by atoms with Crippen molar-refractivity contribution >= 4 is 17.1 Å². The van der Waals surface area contributed by atoms with Crippen molar-refractivity contribution < 1.29 is 0 Å². The number of rotatable bonds is 5. The van der Waals surface area contributed by atoms with E-state index in [1.165, 1.54) is 60.4 Å². The monoisotopic (exact) mass is 450 g/mol. The Hall–Kier alpha value is -2.31. The van der Waals surface area contributed by atoms with E-state index in [1.54, 1.807) is 0 Å². The third-order valence-corrected chi connectivity index (χ3v) is 7.31. The first kappa shape index (κ1) is 23.8. The van der Waals surface area contributed by atoms with Crippen LogP contribution >= 0.6 is 0 Å². The van der Waals surface area contributed by atoms with Gasteiger partial charge in [0.05, 0.1) is 17.1 Å². The van der Waals surface area contributed by atoms with E-state index in [2.05, 4.69) is 82.2 Å². The summed E-state index contributed by atoms with van der Waals surface area (Å²) in [6.45, 7) is 8.81. The van der Waals surface area contributed by atoms with Gasteiger partial charge in [-0.2, -0.15) is 0 Å². The maximum atomic E-state index is 4.32. The van der Waals surface area contributed by atoms with Crippen molar-refractivity contribution in [2.45, 2.75) is 45.2 Å². The highest BCUT2D eigenvalue weighted by Crippen LogP contribution is 2.44. The molecule has 6 nitrogen and oxygen atoms in total. The summed E-state index contributed by atoms with van der Waals surface area (Å²) >= 11 is 0. The first-order valence-corrected chi connectivity index (χ1v) is 12.8. The largest absolute Gasteiger partial charge is 0.367 e. The van der Waals surface area contributed by atoms with Crippen molar-refractivity contribution in [3.8, 4) is 0 Å². The fourth-order valence-electron chi connectivity index (χ4n) is 5.25. The standard InChI is InChI=1S/C18H31N5.C9H11N/c1-5-9-19-14-17-21(3)15-7-6-8-16(18(15)22(17)4)23-12-10-20(2)11-13-23;1-2-6-9-8(4-1)5-3-7-10-9/h6-8,17,19H,5,9-14H2,1-4H3;3,5,7H,1-2,4,6H2. The van der Waals surface area contributed by atoms with Crippen LogP contribution in [-0.2, 0) is 12.8 Å². The fraction of sp³-hybridized carbons (Fsp3) is 0.593. The zero-order chi connectivity index (χ0) is 23.2. The summed E-state index contributed by atoms with van der Waals surface area (Å²) < 4.78 is 0. The summed E-state index contributed by atoms with van der Waals surface area (Å²) in [6, 6.07) is 11.0. The number of nitrogens with one attached hydrogen (secondary N) is 1. The molecule has 1 aromatic heterocycles. The van der Waals surface area contributed by atoms with E-state index in [4.69, 9.17) is 0 Å². The molecule has 1 atom stereocenters. The summed E-state index contributed by atoms with van der Waals surface area (Å²) in [7, 11) is 6.66. The number of aromatic nitrogens is 1. The van der Waals surface area contributed by atoms with Gasteiger partial charge in [-0.15, -0.1) is 0 Å². The number of likely N-dealkylation sites (N-methyl/N-ethyl adjacent to an activating group) is 3. The molecule has 1 unspecified atom stereocenters. The molecule has 0 spiro atoms. The Balaban J connectivity index is 0.000000214. The molecular formula is C27H42N6. The van der Waals surface area contributed by atoms with E-state index in [-0.39, 0.29) is 0 Å². The molecule has 1 fully saturated rings. The van der Waals surface area contributed by atoms with Crippen LogP contribution in [0.25, 0.3) is 0 Å². The van der Waals surface area contributed by atoms with E-state index in [9.17, 15) is 0 Å². The second kappa shape index (κ2) is 11.2. The van der Waals surface area contributed by atoms with Crippen LogP contribution in [0, 0.1) is 0 Å². The van der Waals surface area contributed by atoms with Gasteiger partial charge in [-0.3, -0.25) is 4.98 Å². The van der Waals surface area contributed by atoms with Crippen LogP contribution in [0.2, 0.25) is 0 Å². The number of nitrogens with zero attached hydrogens (tertiary/aromatic N) is 5. The molecule has 180 valence electrons. The van der Waals surface area contributed by atoms with Crippen molar-refractivity contribution in [2.24, 2.45) is 0 Å². The Morgan fingerprint density at radius 3 is 2.42 bits per heavy atom. The lowest BCUT2D eigenvalue weighted by Crippen LogP contribution is -2.47. The fourth-order valence-corrected chi connectivity index (χ4v) is 5.25. The molecule has 1 N–H and O–H groups in total. The third kappa shape index (κ3) is 5.44. The molecule has 5 rings (SSSR count). The molecule has 33 heavy (non-hydrogen) atoms.